The van der Waals surface area contributed by atoms with Gasteiger partial charge in [0, 0.05) is 18.9 Å². The summed E-state index contributed by atoms with van der Waals surface area (Å²) in [4.78, 5) is 0. The van der Waals surface area contributed by atoms with E-state index in [1.165, 1.54) is 6.26 Å². The van der Waals surface area contributed by atoms with Gasteiger partial charge in [0.25, 0.3) is 0 Å². The van der Waals surface area contributed by atoms with Gasteiger partial charge in [0.05, 0.1) is 18.4 Å². The van der Waals surface area contributed by atoms with Gasteiger partial charge in [-0.05, 0) is 6.07 Å². The number of hydrogen-bond donors (Lipinski definition) is 2. The molecule has 0 aromatic heterocycles. The van der Waals surface area contributed by atoms with Crippen molar-refractivity contribution < 1.29 is 17.9 Å². The molecule has 0 spiro atoms. The highest BCUT2D eigenvalue weighted by molar-refractivity contribution is 7.90. The number of sulfone groups is 1. The number of nitrogens with two attached hydrogens (primary N) is 1. The number of nitrogens with one attached hydrogen (secondary N) is 1. The van der Waals surface area contributed by atoms with E-state index in [9.17, 15) is 8.42 Å². The second kappa shape index (κ2) is 7.44. The number of hydrogen-bond acceptors (Lipinski definition) is 6. The van der Waals surface area contributed by atoms with Crippen LogP contribution in [0, 0.1) is 0 Å². The van der Waals surface area contributed by atoms with Crippen LogP contribution in [0.3, 0.4) is 0 Å². The minimum atomic E-state index is -3.15. The summed E-state index contributed by atoms with van der Waals surface area (Å²) in [5.41, 5.74) is 3.23. The number of para-hydroxylation sites is 1. The fourth-order valence-electron chi connectivity index (χ4n) is 1.67. The molecule has 6 nitrogen and oxygen atoms in total. The molecule has 0 saturated heterocycles. The molecule has 108 valence electrons. The molecule has 0 aliphatic heterocycles. The van der Waals surface area contributed by atoms with Crippen LogP contribution in [0.1, 0.15) is 11.6 Å². The number of methoxy groups -OCH3 is 1. The first kappa shape index (κ1) is 15.9. The molecule has 0 radical (unpaired) electrons. The van der Waals surface area contributed by atoms with Gasteiger partial charge in [-0.2, -0.15) is 0 Å². The fourth-order valence-corrected chi connectivity index (χ4v) is 2.55. The molecule has 7 heteroatoms. The second-order valence-electron chi connectivity index (χ2n) is 4.19. The van der Waals surface area contributed by atoms with E-state index in [1.54, 1.807) is 19.2 Å². The van der Waals surface area contributed by atoms with E-state index in [0.717, 1.165) is 0 Å². The Hall–Kier alpha value is -1.15. The van der Waals surface area contributed by atoms with Crippen LogP contribution in [0.25, 0.3) is 0 Å². The second-order valence-corrected chi connectivity index (χ2v) is 6.38. The Labute approximate surface area is 113 Å². The van der Waals surface area contributed by atoms with Crippen LogP contribution in [-0.2, 0) is 14.6 Å². The highest BCUT2D eigenvalue weighted by Crippen LogP contribution is 2.25. The van der Waals surface area contributed by atoms with E-state index >= 15 is 0 Å². The lowest BCUT2D eigenvalue weighted by Crippen LogP contribution is -2.33. The molecule has 1 unspecified atom stereocenters. The van der Waals surface area contributed by atoms with E-state index in [4.69, 9.17) is 15.3 Å². The van der Waals surface area contributed by atoms with Gasteiger partial charge in [0.2, 0.25) is 0 Å². The van der Waals surface area contributed by atoms with Gasteiger partial charge in [0.15, 0.2) is 0 Å². The lowest BCUT2D eigenvalue weighted by Gasteiger charge is -2.19. The van der Waals surface area contributed by atoms with Crippen molar-refractivity contribution >= 4 is 9.84 Å². The van der Waals surface area contributed by atoms with Crippen molar-refractivity contribution in [3.05, 3.63) is 29.8 Å². The Morgan fingerprint density at radius 3 is 2.58 bits per heavy atom. The first-order chi connectivity index (χ1) is 8.98. The average molecular weight is 288 g/mol. The predicted octanol–water partition coefficient (Wildman–Crippen LogP) is 0.261. The highest BCUT2D eigenvalue weighted by Gasteiger charge is 2.19. The molecule has 1 aromatic carbocycles. The van der Waals surface area contributed by atoms with Gasteiger partial charge in [0.1, 0.15) is 22.2 Å². The van der Waals surface area contributed by atoms with E-state index in [1.807, 2.05) is 12.1 Å². The summed E-state index contributed by atoms with van der Waals surface area (Å²) in [6.07, 6.45) is 1.17. The normalized spacial score (nSPS) is 13.2. The molecule has 19 heavy (non-hydrogen) atoms. The maximum absolute atomic E-state index is 11.4. The van der Waals surface area contributed by atoms with Crippen LogP contribution >= 0.6 is 0 Å². The summed E-state index contributed by atoms with van der Waals surface area (Å²) in [6.45, 7) is 0.852. The van der Waals surface area contributed by atoms with Crippen molar-refractivity contribution in [1.82, 2.24) is 5.43 Å². The van der Waals surface area contributed by atoms with E-state index < -0.39 is 15.9 Å². The highest BCUT2D eigenvalue weighted by atomic mass is 32.2. The van der Waals surface area contributed by atoms with Crippen LogP contribution < -0.4 is 16.0 Å². The zero-order chi connectivity index (χ0) is 14.3. The van der Waals surface area contributed by atoms with Gasteiger partial charge < -0.3 is 9.47 Å². The molecule has 0 bridgehead atoms. The molecule has 1 rings (SSSR count). The molecule has 3 N–H and O–H groups in total. The van der Waals surface area contributed by atoms with Crippen molar-refractivity contribution in [3.63, 3.8) is 0 Å². The molecular formula is C12H20N2O4S. The van der Waals surface area contributed by atoms with Crippen molar-refractivity contribution in [2.45, 2.75) is 6.04 Å². The summed E-state index contributed by atoms with van der Waals surface area (Å²) in [5.74, 6) is 5.95. The maximum Gasteiger partial charge on any atom is 0.149 e. The zero-order valence-electron chi connectivity index (χ0n) is 11.1. The molecule has 1 aromatic rings. The number of benzene rings is 1. The lowest BCUT2D eigenvalue weighted by atomic mass is 10.1. The summed E-state index contributed by atoms with van der Waals surface area (Å²) >= 11 is 0. The fraction of sp³-hybridized carbons (Fsp3) is 0.500. The van der Waals surface area contributed by atoms with E-state index in [-0.39, 0.29) is 5.75 Å². The van der Waals surface area contributed by atoms with Crippen LogP contribution in [0.15, 0.2) is 24.3 Å². The minimum absolute atomic E-state index is 0.0891. The molecular weight excluding hydrogens is 268 g/mol. The Kier molecular flexibility index (Phi) is 6.23. The number of ether oxygens (including phenoxy) is 2. The third kappa shape index (κ3) is 5.56. The molecule has 0 aliphatic carbocycles. The van der Waals surface area contributed by atoms with Gasteiger partial charge in [-0.1, -0.05) is 18.2 Å². The summed E-state index contributed by atoms with van der Waals surface area (Å²) < 4.78 is 33.2. The SMILES string of the molecule is COCCOc1ccccc1C(CS(C)(=O)=O)NN. The molecule has 0 heterocycles. The third-order valence-corrected chi connectivity index (χ3v) is 3.45. The van der Waals surface area contributed by atoms with Crippen LogP contribution in [0.2, 0.25) is 0 Å². The molecule has 0 aliphatic rings. The Morgan fingerprint density at radius 2 is 2.00 bits per heavy atom. The van der Waals surface area contributed by atoms with Crippen molar-refractivity contribution in [3.8, 4) is 5.75 Å². The smallest absolute Gasteiger partial charge is 0.149 e. The molecule has 0 amide bonds. The lowest BCUT2D eigenvalue weighted by molar-refractivity contribution is 0.145. The monoisotopic (exact) mass is 288 g/mol. The predicted molar refractivity (Wildman–Crippen MR) is 73.6 cm³/mol. The van der Waals surface area contributed by atoms with E-state index in [0.29, 0.717) is 24.5 Å². The summed E-state index contributed by atoms with van der Waals surface area (Å²) in [5, 5.41) is 0. The van der Waals surface area contributed by atoms with E-state index in [2.05, 4.69) is 5.43 Å². The van der Waals surface area contributed by atoms with Crippen molar-refractivity contribution in [2.75, 3.05) is 32.3 Å². The van der Waals surface area contributed by atoms with Gasteiger partial charge >= 0.3 is 0 Å². The topological polar surface area (TPSA) is 90.6 Å². The standard InChI is InChI=1S/C12H20N2O4S/c1-17-7-8-18-12-6-4-3-5-10(12)11(14-13)9-19(2,15)16/h3-6,11,14H,7-9,13H2,1-2H3. The third-order valence-electron chi connectivity index (χ3n) is 2.51. The zero-order valence-corrected chi connectivity index (χ0v) is 11.9. The summed E-state index contributed by atoms with van der Waals surface area (Å²) in [6, 6.07) is 6.69. The van der Waals surface area contributed by atoms with Crippen LogP contribution in [-0.4, -0.2) is 40.7 Å². The Balaban J connectivity index is 2.90. The first-order valence-corrected chi connectivity index (χ1v) is 7.88. The van der Waals surface area contributed by atoms with Crippen molar-refractivity contribution in [1.29, 1.82) is 0 Å². The molecule has 1 atom stereocenters. The first-order valence-electron chi connectivity index (χ1n) is 5.82. The van der Waals surface area contributed by atoms with Crippen LogP contribution in [0.4, 0.5) is 0 Å². The molecule has 0 saturated carbocycles. The largest absolute Gasteiger partial charge is 0.491 e. The summed E-state index contributed by atoms with van der Waals surface area (Å²) in [7, 11) is -1.56. The van der Waals surface area contributed by atoms with Gasteiger partial charge in [-0.15, -0.1) is 0 Å². The van der Waals surface area contributed by atoms with Gasteiger partial charge in [-0.25, -0.2) is 8.42 Å². The Bertz CT molecular complexity index is 490. The Morgan fingerprint density at radius 1 is 1.32 bits per heavy atom. The average Bonchev–Trinajstić information content (AvgIpc) is 2.36. The van der Waals surface area contributed by atoms with Crippen LogP contribution in [0.5, 0.6) is 5.75 Å². The quantitative estimate of drug-likeness (QED) is 0.405. The number of rotatable bonds is 8. The van der Waals surface area contributed by atoms with Crippen molar-refractivity contribution in [2.24, 2.45) is 5.84 Å². The number of hydrazine groups is 1. The maximum atomic E-state index is 11.4. The minimum Gasteiger partial charge on any atom is -0.491 e. The van der Waals surface area contributed by atoms with Gasteiger partial charge in [-0.3, -0.25) is 11.3 Å². The molecule has 0 fully saturated rings.